The zero-order valence-electron chi connectivity index (χ0n) is 8.98. The van der Waals surface area contributed by atoms with Crippen LogP contribution in [0.4, 0.5) is 6.01 Å². The molecule has 6 heteroatoms. The van der Waals surface area contributed by atoms with Gasteiger partial charge < -0.3 is 14.4 Å². The van der Waals surface area contributed by atoms with Gasteiger partial charge in [0.2, 0.25) is 5.89 Å². The van der Waals surface area contributed by atoms with E-state index >= 15 is 0 Å². The number of aryl methyl sites for hydroxylation is 1. The molecule has 0 radical (unpaired) electrons. The number of aliphatic hydroxyl groups is 1. The van der Waals surface area contributed by atoms with Crippen LogP contribution in [0.15, 0.2) is 4.42 Å². The first-order valence-electron chi connectivity index (χ1n) is 4.95. The molecule has 0 aromatic carbocycles. The Morgan fingerprint density at radius 3 is 2.73 bits per heavy atom. The summed E-state index contributed by atoms with van der Waals surface area (Å²) in [5, 5.41) is 16.7. The molecule has 0 bridgehead atoms. The zero-order chi connectivity index (χ0) is 11.3. The molecule has 86 valence electrons. The second-order valence-corrected chi connectivity index (χ2v) is 3.81. The number of nitrogens with zero attached hydrogens (tertiary/aromatic N) is 3. The Kier molecular flexibility index (Phi) is 4.84. The molecule has 0 amide bonds. The molecule has 0 saturated carbocycles. The zero-order valence-corrected chi connectivity index (χ0v) is 9.74. The van der Waals surface area contributed by atoms with Crippen LogP contribution in [-0.4, -0.2) is 40.4 Å². The van der Waals surface area contributed by atoms with Gasteiger partial charge in [-0.05, 0) is 13.8 Å². The summed E-state index contributed by atoms with van der Waals surface area (Å²) in [4.78, 5) is 1.85. The molecule has 15 heavy (non-hydrogen) atoms. The summed E-state index contributed by atoms with van der Waals surface area (Å²) >= 11 is 5.57. The van der Waals surface area contributed by atoms with Crippen molar-refractivity contribution in [3.63, 3.8) is 0 Å². The number of halogens is 1. The highest BCUT2D eigenvalue weighted by molar-refractivity contribution is 6.17. The molecule has 0 unspecified atom stereocenters. The lowest BCUT2D eigenvalue weighted by Crippen LogP contribution is -2.33. The van der Waals surface area contributed by atoms with E-state index in [0.29, 0.717) is 30.8 Å². The second-order valence-electron chi connectivity index (χ2n) is 3.43. The number of alkyl halides is 1. The van der Waals surface area contributed by atoms with Crippen molar-refractivity contribution in [2.75, 3.05) is 23.9 Å². The Balaban J connectivity index is 2.72. The molecule has 0 fully saturated rings. The Hall–Kier alpha value is -0.810. The van der Waals surface area contributed by atoms with Gasteiger partial charge in [-0.2, -0.15) is 0 Å². The highest BCUT2D eigenvalue weighted by atomic mass is 35.5. The van der Waals surface area contributed by atoms with Crippen LogP contribution in [0.25, 0.3) is 0 Å². The molecule has 0 saturated heterocycles. The Morgan fingerprint density at radius 1 is 1.47 bits per heavy atom. The summed E-state index contributed by atoms with van der Waals surface area (Å²) in [7, 11) is 0. The maximum absolute atomic E-state index is 8.90. The van der Waals surface area contributed by atoms with Gasteiger partial charge in [-0.25, -0.2) is 0 Å². The smallest absolute Gasteiger partial charge is 0.318 e. The van der Waals surface area contributed by atoms with Gasteiger partial charge in [0.05, 0.1) is 6.61 Å². The number of aliphatic hydroxyl groups excluding tert-OH is 1. The van der Waals surface area contributed by atoms with E-state index in [9.17, 15) is 0 Å². The first kappa shape index (κ1) is 12.3. The largest absolute Gasteiger partial charge is 0.408 e. The van der Waals surface area contributed by atoms with Gasteiger partial charge in [-0.15, -0.1) is 16.7 Å². The highest BCUT2D eigenvalue weighted by Crippen LogP contribution is 2.15. The van der Waals surface area contributed by atoms with Crippen LogP contribution in [-0.2, 0) is 6.42 Å². The van der Waals surface area contributed by atoms with Gasteiger partial charge in [-0.3, -0.25) is 0 Å². The third-order valence-electron chi connectivity index (χ3n) is 1.97. The maximum Gasteiger partial charge on any atom is 0.318 e. The van der Waals surface area contributed by atoms with Gasteiger partial charge in [0, 0.05) is 24.9 Å². The summed E-state index contributed by atoms with van der Waals surface area (Å²) in [6, 6.07) is 0.653. The van der Waals surface area contributed by atoms with Crippen molar-refractivity contribution in [2.45, 2.75) is 26.3 Å². The summed E-state index contributed by atoms with van der Waals surface area (Å²) in [5.74, 6) is 0.993. The SMILES string of the molecule is CC(C)N(CCO)c1nnc(CCCl)o1. The fraction of sp³-hybridized carbons (Fsp3) is 0.778. The summed E-state index contributed by atoms with van der Waals surface area (Å²) in [5.41, 5.74) is 0. The van der Waals surface area contributed by atoms with Crippen molar-refractivity contribution in [2.24, 2.45) is 0 Å². The Bertz CT molecular complexity index is 291. The topological polar surface area (TPSA) is 62.4 Å². The van der Waals surface area contributed by atoms with Crippen LogP contribution in [0.2, 0.25) is 0 Å². The number of hydrogen-bond acceptors (Lipinski definition) is 5. The lowest BCUT2D eigenvalue weighted by molar-refractivity contribution is 0.294. The van der Waals surface area contributed by atoms with Gasteiger partial charge in [-0.1, -0.05) is 5.10 Å². The quantitative estimate of drug-likeness (QED) is 0.745. The molecule has 1 aromatic rings. The van der Waals surface area contributed by atoms with Gasteiger partial charge in [0.25, 0.3) is 0 Å². The van der Waals surface area contributed by atoms with Crippen LogP contribution >= 0.6 is 11.6 Å². The van der Waals surface area contributed by atoms with E-state index in [1.54, 1.807) is 0 Å². The van der Waals surface area contributed by atoms with E-state index in [2.05, 4.69) is 10.2 Å². The summed E-state index contributed by atoms with van der Waals surface area (Å²) in [6.45, 7) is 4.55. The minimum atomic E-state index is 0.0609. The van der Waals surface area contributed by atoms with Crippen molar-refractivity contribution < 1.29 is 9.52 Å². The number of aromatic nitrogens is 2. The van der Waals surface area contributed by atoms with Crippen LogP contribution in [0.3, 0.4) is 0 Å². The van der Waals surface area contributed by atoms with Crippen molar-refractivity contribution in [1.29, 1.82) is 0 Å². The molecule has 5 nitrogen and oxygen atoms in total. The number of hydrogen-bond donors (Lipinski definition) is 1. The normalized spacial score (nSPS) is 11.0. The lowest BCUT2D eigenvalue weighted by Gasteiger charge is -2.22. The molecule has 1 N–H and O–H groups in total. The summed E-state index contributed by atoms with van der Waals surface area (Å²) in [6.07, 6.45) is 0.569. The number of rotatable bonds is 6. The molecule has 1 rings (SSSR count). The van der Waals surface area contributed by atoms with E-state index in [4.69, 9.17) is 21.1 Å². The van der Waals surface area contributed by atoms with E-state index in [0.717, 1.165) is 0 Å². The standard InChI is InChI=1S/C9H16ClN3O2/c1-7(2)13(5-6-14)9-12-11-8(15-9)3-4-10/h7,14H,3-6H2,1-2H3. The molecule has 1 aromatic heterocycles. The van der Waals surface area contributed by atoms with Crippen molar-refractivity contribution in [3.8, 4) is 0 Å². The van der Waals surface area contributed by atoms with Crippen LogP contribution in [0.1, 0.15) is 19.7 Å². The van der Waals surface area contributed by atoms with E-state index < -0.39 is 0 Å². The predicted molar refractivity (Wildman–Crippen MR) is 58.3 cm³/mol. The third-order valence-corrected chi connectivity index (χ3v) is 2.16. The lowest BCUT2D eigenvalue weighted by atomic mass is 10.3. The second kappa shape index (κ2) is 5.92. The Morgan fingerprint density at radius 2 is 2.20 bits per heavy atom. The van der Waals surface area contributed by atoms with Crippen LogP contribution in [0, 0.1) is 0 Å². The molecule has 1 heterocycles. The van der Waals surface area contributed by atoms with E-state index in [-0.39, 0.29) is 12.6 Å². The third kappa shape index (κ3) is 3.35. The van der Waals surface area contributed by atoms with Crippen LogP contribution < -0.4 is 4.90 Å². The fourth-order valence-corrected chi connectivity index (χ4v) is 1.39. The maximum atomic E-state index is 8.90. The van der Waals surface area contributed by atoms with E-state index in [1.807, 2.05) is 18.7 Å². The first-order chi connectivity index (χ1) is 7.19. The minimum absolute atomic E-state index is 0.0609. The average molecular weight is 234 g/mol. The molecule has 0 spiro atoms. The molecule has 0 aliphatic rings. The van der Waals surface area contributed by atoms with Gasteiger partial charge >= 0.3 is 6.01 Å². The molecule has 0 aliphatic heterocycles. The number of anilines is 1. The first-order valence-corrected chi connectivity index (χ1v) is 5.48. The van der Waals surface area contributed by atoms with Gasteiger partial charge in [0.1, 0.15) is 0 Å². The predicted octanol–water partition coefficient (Wildman–Crippen LogP) is 1.06. The van der Waals surface area contributed by atoms with Crippen molar-refractivity contribution in [3.05, 3.63) is 5.89 Å². The molecular weight excluding hydrogens is 218 g/mol. The fourth-order valence-electron chi connectivity index (χ4n) is 1.23. The summed E-state index contributed by atoms with van der Waals surface area (Å²) < 4.78 is 5.41. The monoisotopic (exact) mass is 233 g/mol. The Labute approximate surface area is 94.0 Å². The van der Waals surface area contributed by atoms with E-state index in [1.165, 1.54) is 0 Å². The molecule has 0 atom stereocenters. The minimum Gasteiger partial charge on any atom is -0.408 e. The molecular formula is C9H16ClN3O2. The molecule has 0 aliphatic carbocycles. The van der Waals surface area contributed by atoms with Gasteiger partial charge in [0.15, 0.2) is 0 Å². The highest BCUT2D eigenvalue weighted by Gasteiger charge is 2.16. The van der Waals surface area contributed by atoms with Crippen molar-refractivity contribution >= 4 is 17.6 Å². The van der Waals surface area contributed by atoms with Crippen molar-refractivity contribution in [1.82, 2.24) is 10.2 Å². The van der Waals surface area contributed by atoms with Crippen LogP contribution in [0.5, 0.6) is 0 Å². The average Bonchev–Trinajstić information content (AvgIpc) is 2.62.